The lowest BCUT2D eigenvalue weighted by atomic mass is 10.1. The molecule has 0 radical (unpaired) electrons. The van der Waals surface area contributed by atoms with Crippen LogP contribution in [-0.4, -0.2) is 23.4 Å². The maximum absolute atomic E-state index is 11.7. The van der Waals surface area contributed by atoms with Gasteiger partial charge in [-0.2, -0.15) is 0 Å². The summed E-state index contributed by atoms with van der Waals surface area (Å²) < 4.78 is 5.12. The van der Waals surface area contributed by atoms with Crippen molar-refractivity contribution in [2.45, 2.75) is 32.4 Å². The van der Waals surface area contributed by atoms with E-state index in [9.17, 15) is 4.79 Å². The van der Waals surface area contributed by atoms with Crippen molar-refractivity contribution in [1.29, 1.82) is 0 Å². The maximum Gasteiger partial charge on any atom is 0.412 e. The van der Waals surface area contributed by atoms with E-state index in [1.165, 1.54) is 6.07 Å². The molecule has 8 heteroatoms. The van der Waals surface area contributed by atoms with Crippen molar-refractivity contribution in [2.24, 2.45) is 5.11 Å². The summed E-state index contributed by atoms with van der Waals surface area (Å²) in [5, 5.41) is 15.4. The van der Waals surface area contributed by atoms with E-state index in [1.54, 1.807) is 32.9 Å². The van der Waals surface area contributed by atoms with E-state index in [-0.39, 0.29) is 11.6 Å². The molecule has 2 N–H and O–H groups in total. The average Bonchev–Trinajstić information content (AvgIpc) is 2.36. The number of halogens is 1. The molecule has 1 amide bonds. The van der Waals surface area contributed by atoms with E-state index in [0.717, 1.165) is 0 Å². The minimum Gasteiger partial charge on any atom is -0.444 e. The third kappa shape index (κ3) is 5.51. The fourth-order valence-electron chi connectivity index (χ4n) is 1.52. The SMILES string of the molecule is CC(C)(C)OC(=O)Nc1ccc(C(CO)N=[N+]=[N-])cc1Cl. The first-order valence-electron chi connectivity index (χ1n) is 6.21. The number of nitrogens with zero attached hydrogens (tertiary/aromatic N) is 3. The van der Waals surface area contributed by atoms with Crippen LogP contribution in [-0.2, 0) is 4.74 Å². The molecule has 1 rings (SSSR count). The number of carbonyl (C=O) groups is 1. The van der Waals surface area contributed by atoms with Gasteiger partial charge >= 0.3 is 6.09 Å². The molecule has 0 saturated carbocycles. The number of ether oxygens (including phenoxy) is 1. The predicted octanol–water partition coefficient (Wildman–Crippen LogP) is 4.03. The van der Waals surface area contributed by atoms with Crippen LogP contribution < -0.4 is 5.32 Å². The summed E-state index contributed by atoms with van der Waals surface area (Å²) in [5.41, 5.74) is 8.73. The Labute approximate surface area is 127 Å². The zero-order valence-corrected chi connectivity index (χ0v) is 12.8. The summed E-state index contributed by atoms with van der Waals surface area (Å²) in [5.74, 6) is 0. The normalized spacial score (nSPS) is 12.2. The average molecular weight is 313 g/mol. The first-order valence-corrected chi connectivity index (χ1v) is 6.59. The van der Waals surface area contributed by atoms with Crippen LogP contribution in [0.5, 0.6) is 0 Å². The Bertz CT molecular complexity index is 565. The second-order valence-corrected chi connectivity index (χ2v) is 5.68. The van der Waals surface area contributed by atoms with E-state index in [4.69, 9.17) is 27.0 Å². The van der Waals surface area contributed by atoms with Crippen LogP contribution in [0.25, 0.3) is 10.4 Å². The van der Waals surface area contributed by atoms with Gasteiger partial charge in [-0.25, -0.2) is 4.79 Å². The van der Waals surface area contributed by atoms with Gasteiger partial charge < -0.3 is 9.84 Å². The fourth-order valence-corrected chi connectivity index (χ4v) is 1.76. The quantitative estimate of drug-likeness (QED) is 0.497. The number of rotatable bonds is 4. The molecule has 1 aromatic carbocycles. The molecule has 114 valence electrons. The van der Waals surface area contributed by atoms with Crippen molar-refractivity contribution in [1.82, 2.24) is 0 Å². The minimum atomic E-state index is -0.719. The lowest BCUT2D eigenvalue weighted by Gasteiger charge is -2.20. The van der Waals surface area contributed by atoms with Gasteiger partial charge in [0.05, 0.1) is 23.4 Å². The summed E-state index contributed by atoms with van der Waals surface area (Å²) in [6.45, 7) is 4.92. The Balaban J connectivity index is 2.88. The van der Waals surface area contributed by atoms with Gasteiger partial charge in [0, 0.05) is 4.91 Å². The van der Waals surface area contributed by atoms with Crippen LogP contribution in [0, 0.1) is 0 Å². The highest BCUT2D eigenvalue weighted by molar-refractivity contribution is 6.33. The highest BCUT2D eigenvalue weighted by Crippen LogP contribution is 2.28. The molecule has 7 nitrogen and oxygen atoms in total. The van der Waals surface area contributed by atoms with Crippen molar-refractivity contribution >= 4 is 23.4 Å². The van der Waals surface area contributed by atoms with Crippen LogP contribution in [0.1, 0.15) is 32.4 Å². The van der Waals surface area contributed by atoms with Gasteiger partial charge in [-0.1, -0.05) is 22.8 Å². The number of hydrogen-bond donors (Lipinski definition) is 2. The zero-order valence-electron chi connectivity index (χ0n) is 12.0. The summed E-state index contributed by atoms with van der Waals surface area (Å²) >= 11 is 6.06. The van der Waals surface area contributed by atoms with Gasteiger partial charge in [0.2, 0.25) is 0 Å². The second kappa shape index (κ2) is 7.17. The number of anilines is 1. The third-order valence-corrected chi connectivity index (χ3v) is 2.69. The molecule has 1 atom stereocenters. The van der Waals surface area contributed by atoms with Crippen LogP contribution in [0.3, 0.4) is 0 Å². The Morgan fingerprint density at radius 2 is 2.24 bits per heavy atom. The van der Waals surface area contributed by atoms with Gasteiger partial charge in [-0.3, -0.25) is 5.32 Å². The molecule has 21 heavy (non-hydrogen) atoms. The predicted molar refractivity (Wildman–Crippen MR) is 80.3 cm³/mol. The molecule has 0 aliphatic heterocycles. The van der Waals surface area contributed by atoms with Gasteiger partial charge in [0.25, 0.3) is 0 Å². The van der Waals surface area contributed by atoms with Crippen molar-refractivity contribution < 1.29 is 14.6 Å². The zero-order chi connectivity index (χ0) is 16.0. The topological polar surface area (TPSA) is 107 Å². The molecule has 0 bridgehead atoms. The molecule has 0 heterocycles. The van der Waals surface area contributed by atoms with Crippen molar-refractivity contribution in [2.75, 3.05) is 11.9 Å². The van der Waals surface area contributed by atoms with Crippen molar-refractivity contribution in [3.05, 3.63) is 39.2 Å². The molecule has 0 saturated heterocycles. The fraction of sp³-hybridized carbons (Fsp3) is 0.462. The molecular weight excluding hydrogens is 296 g/mol. The molecule has 0 aliphatic carbocycles. The lowest BCUT2D eigenvalue weighted by molar-refractivity contribution is 0.0636. The van der Waals surface area contributed by atoms with E-state index >= 15 is 0 Å². The molecule has 0 fully saturated rings. The van der Waals surface area contributed by atoms with Crippen LogP contribution in [0.4, 0.5) is 10.5 Å². The van der Waals surface area contributed by atoms with Gasteiger partial charge in [-0.05, 0) is 44.0 Å². The Kier molecular flexibility index (Phi) is 5.84. The number of azide groups is 1. The first kappa shape index (κ1) is 17.1. The van der Waals surface area contributed by atoms with E-state index in [1.807, 2.05) is 0 Å². The minimum absolute atomic E-state index is 0.255. The highest BCUT2D eigenvalue weighted by Gasteiger charge is 2.17. The summed E-state index contributed by atoms with van der Waals surface area (Å²) in [4.78, 5) is 14.3. The van der Waals surface area contributed by atoms with Crippen LogP contribution in [0.2, 0.25) is 5.02 Å². The summed E-state index contributed by atoms with van der Waals surface area (Å²) in [6, 6.07) is 3.96. The number of hydrogen-bond acceptors (Lipinski definition) is 4. The number of amides is 1. The Hall–Kier alpha value is -1.95. The molecular formula is C13H17ClN4O3. The van der Waals surface area contributed by atoms with Crippen LogP contribution in [0.15, 0.2) is 23.3 Å². The number of aliphatic hydroxyl groups excluding tert-OH is 1. The molecule has 0 aliphatic rings. The van der Waals surface area contributed by atoms with Gasteiger partial charge in [0.15, 0.2) is 0 Å². The monoisotopic (exact) mass is 312 g/mol. The van der Waals surface area contributed by atoms with E-state index < -0.39 is 17.7 Å². The standard InChI is InChI=1S/C13H17ClN4O3/c1-13(2,3)21-12(20)16-10-5-4-8(6-9(10)14)11(7-19)17-18-15/h4-6,11,19H,7H2,1-3H3,(H,16,20). The highest BCUT2D eigenvalue weighted by atomic mass is 35.5. The van der Waals surface area contributed by atoms with Crippen molar-refractivity contribution in [3.63, 3.8) is 0 Å². The van der Waals surface area contributed by atoms with Gasteiger partial charge in [-0.15, -0.1) is 0 Å². The number of benzene rings is 1. The van der Waals surface area contributed by atoms with Crippen LogP contribution >= 0.6 is 11.6 Å². The van der Waals surface area contributed by atoms with Gasteiger partial charge in [0.1, 0.15) is 5.60 Å². The smallest absolute Gasteiger partial charge is 0.412 e. The summed E-state index contributed by atoms with van der Waals surface area (Å²) in [7, 11) is 0. The van der Waals surface area contributed by atoms with E-state index in [0.29, 0.717) is 11.3 Å². The largest absolute Gasteiger partial charge is 0.444 e. The molecule has 0 spiro atoms. The number of nitrogens with one attached hydrogen (secondary N) is 1. The van der Waals surface area contributed by atoms with Crippen molar-refractivity contribution in [3.8, 4) is 0 Å². The third-order valence-electron chi connectivity index (χ3n) is 2.38. The molecule has 1 unspecified atom stereocenters. The second-order valence-electron chi connectivity index (χ2n) is 5.27. The molecule has 0 aromatic heterocycles. The number of aliphatic hydroxyl groups is 1. The summed E-state index contributed by atoms with van der Waals surface area (Å²) in [6.07, 6.45) is -0.620. The lowest BCUT2D eigenvalue weighted by Crippen LogP contribution is -2.27. The van der Waals surface area contributed by atoms with E-state index in [2.05, 4.69) is 15.3 Å². The number of carbonyl (C=O) groups excluding carboxylic acids is 1. The Morgan fingerprint density at radius 1 is 1.57 bits per heavy atom. The first-order chi connectivity index (χ1) is 9.76. The Morgan fingerprint density at radius 3 is 2.71 bits per heavy atom. The molecule has 1 aromatic rings. The maximum atomic E-state index is 11.7.